The first-order valence-corrected chi connectivity index (χ1v) is 9.06. The van der Waals surface area contributed by atoms with E-state index in [1.807, 2.05) is 0 Å². The number of rotatable bonds is 3. The summed E-state index contributed by atoms with van der Waals surface area (Å²) in [4.78, 5) is 31.5. The Morgan fingerprint density at radius 2 is 2.08 bits per heavy atom. The van der Waals surface area contributed by atoms with Crippen LogP contribution >= 0.6 is 11.3 Å². The van der Waals surface area contributed by atoms with Gasteiger partial charge in [0.2, 0.25) is 0 Å². The van der Waals surface area contributed by atoms with Crippen LogP contribution in [0.15, 0.2) is 29.8 Å². The topological polar surface area (TPSA) is 50.3 Å². The SMILES string of the molecule is Cc1ncsc1C(=O)N1CCCC(C(=O)c2cccc(C(F)(F)F)c2)C1. The fourth-order valence-corrected chi connectivity index (χ4v) is 3.88. The number of carbonyl (C=O) groups excluding carboxylic acids is 2. The molecule has 2 aromatic rings. The highest BCUT2D eigenvalue weighted by Gasteiger charge is 2.33. The average Bonchev–Trinajstić information content (AvgIpc) is 3.06. The highest BCUT2D eigenvalue weighted by Crippen LogP contribution is 2.31. The molecule has 1 atom stereocenters. The molecule has 1 aromatic heterocycles. The summed E-state index contributed by atoms with van der Waals surface area (Å²) < 4.78 is 38.6. The first-order valence-electron chi connectivity index (χ1n) is 8.18. The molecule has 4 nitrogen and oxygen atoms in total. The number of carbonyl (C=O) groups is 2. The van der Waals surface area contributed by atoms with Gasteiger partial charge in [0.15, 0.2) is 5.78 Å². The first-order chi connectivity index (χ1) is 12.3. The van der Waals surface area contributed by atoms with Gasteiger partial charge >= 0.3 is 6.18 Å². The quantitative estimate of drug-likeness (QED) is 0.748. The molecule has 0 aliphatic carbocycles. The van der Waals surface area contributed by atoms with Gasteiger partial charge in [-0.25, -0.2) is 4.98 Å². The molecular weight excluding hydrogens is 365 g/mol. The van der Waals surface area contributed by atoms with E-state index >= 15 is 0 Å². The highest BCUT2D eigenvalue weighted by atomic mass is 32.1. The lowest BCUT2D eigenvalue weighted by Gasteiger charge is -2.32. The zero-order valence-electron chi connectivity index (χ0n) is 14.0. The molecule has 1 aliphatic heterocycles. The Morgan fingerprint density at radius 3 is 2.73 bits per heavy atom. The minimum atomic E-state index is -4.49. The number of halogens is 3. The monoisotopic (exact) mass is 382 g/mol. The largest absolute Gasteiger partial charge is 0.416 e. The van der Waals surface area contributed by atoms with Crippen molar-refractivity contribution in [1.29, 1.82) is 0 Å². The van der Waals surface area contributed by atoms with Crippen molar-refractivity contribution in [1.82, 2.24) is 9.88 Å². The molecule has 1 aromatic carbocycles. The summed E-state index contributed by atoms with van der Waals surface area (Å²) in [7, 11) is 0. The third-order valence-corrected chi connectivity index (χ3v) is 5.41. The number of hydrogen-bond acceptors (Lipinski definition) is 4. The van der Waals surface area contributed by atoms with E-state index in [0.717, 1.165) is 12.1 Å². The zero-order valence-corrected chi connectivity index (χ0v) is 14.9. The Balaban J connectivity index is 1.76. The predicted molar refractivity (Wildman–Crippen MR) is 91.3 cm³/mol. The van der Waals surface area contributed by atoms with Gasteiger partial charge in [-0.05, 0) is 31.9 Å². The van der Waals surface area contributed by atoms with Crippen LogP contribution in [0.1, 0.15) is 44.1 Å². The van der Waals surface area contributed by atoms with E-state index in [9.17, 15) is 22.8 Å². The molecule has 26 heavy (non-hydrogen) atoms. The number of benzene rings is 1. The molecule has 2 heterocycles. The Kier molecular flexibility index (Phi) is 5.13. The number of likely N-dealkylation sites (tertiary alicyclic amines) is 1. The van der Waals surface area contributed by atoms with E-state index in [4.69, 9.17) is 0 Å². The summed E-state index contributed by atoms with van der Waals surface area (Å²) in [6.07, 6.45) is -3.30. The average molecular weight is 382 g/mol. The van der Waals surface area contributed by atoms with Gasteiger partial charge in [0.1, 0.15) is 4.88 Å². The van der Waals surface area contributed by atoms with Crippen LogP contribution in [0.25, 0.3) is 0 Å². The second-order valence-electron chi connectivity index (χ2n) is 6.30. The molecule has 1 amide bonds. The van der Waals surface area contributed by atoms with E-state index in [0.29, 0.717) is 30.0 Å². The number of aryl methyl sites for hydroxylation is 1. The molecule has 1 aliphatic rings. The van der Waals surface area contributed by atoms with Crippen molar-refractivity contribution in [3.8, 4) is 0 Å². The molecular formula is C18H17F3N2O2S. The van der Waals surface area contributed by atoms with Gasteiger partial charge in [0.05, 0.1) is 16.8 Å². The van der Waals surface area contributed by atoms with E-state index in [-0.39, 0.29) is 23.8 Å². The second-order valence-corrected chi connectivity index (χ2v) is 7.15. The molecule has 8 heteroatoms. The molecule has 1 fully saturated rings. The number of amides is 1. The maximum Gasteiger partial charge on any atom is 0.416 e. The van der Waals surface area contributed by atoms with E-state index < -0.39 is 17.7 Å². The molecule has 0 spiro atoms. The van der Waals surface area contributed by atoms with Gasteiger partial charge in [-0.3, -0.25) is 9.59 Å². The highest BCUT2D eigenvalue weighted by molar-refractivity contribution is 7.11. The van der Waals surface area contributed by atoms with Crippen molar-refractivity contribution in [3.63, 3.8) is 0 Å². The Morgan fingerprint density at radius 1 is 1.31 bits per heavy atom. The number of hydrogen-bond donors (Lipinski definition) is 0. The molecule has 0 saturated carbocycles. The fourth-order valence-electron chi connectivity index (χ4n) is 3.11. The van der Waals surface area contributed by atoms with Gasteiger partial charge in [-0.15, -0.1) is 11.3 Å². The number of Topliss-reactive ketones (excluding diaryl/α,β-unsaturated/α-hetero) is 1. The summed E-state index contributed by atoms with van der Waals surface area (Å²) in [6, 6.07) is 4.46. The van der Waals surface area contributed by atoms with E-state index in [1.54, 1.807) is 17.3 Å². The molecule has 0 radical (unpaired) electrons. The van der Waals surface area contributed by atoms with Crippen LogP contribution < -0.4 is 0 Å². The predicted octanol–water partition coefficient (Wildman–Crippen LogP) is 4.21. The van der Waals surface area contributed by atoms with Crippen LogP contribution in [-0.4, -0.2) is 34.7 Å². The smallest absolute Gasteiger partial charge is 0.337 e. The zero-order chi connectivity index (χ0) is 18.9. The first kappa shape index (κ1) is 18.6. The standard InChI is InChI=1S/C18H17F3N2O2S/c1-11-16(26-10-22-11)17(25)23-7-3-5-13(9-23)15(24)12-4-2-6-14(8-12)18(19,20)21/h2,4,6,8,10,13H,3,5,7,9H2,1H3. The molecule has 0 bridgehead atoms. The minimum Gasteiger partial charge on any atom is -0.337 e. The van der Waals surface area contributed by atoms with Crippen LogP contribution in [0, 0.1) is 12.8 Å². The van der Waals surface area contributed by atoms with Gasteiger partial charge in [0, 0.05) is 24.6 Å². The molecule has 1 unspecified atom stereocenters. The Labute approximate surface area is 152 Å². The van der Waals surface area contributed by atoms with Gasteiger partial charge in [-0.1, -0.05) is 12.1 Å². The summed E-state index contributed by atoms with van der Waals surface area (Å²) >= 11 is 1.25. The number of aromatic nitrogens is 1. The third-order valence-electron chi connectivity index (χ3n) is 4.49. The lowest BCUT2D eigenvalue weighted by molar-refractivity contribution is -0.137. The third kappa shape index (κ3) is 3.80. The molecule has 3 rings (SSSR count). The number of ketones is 1. The lowest BCUT2D eigenvalue weighted by Crippen LogP contribution is -2.42. The Hall–Kier alpha value is -2.22. The van der Waals surface area contributed by atoms with Crippen LogP contribution in [0.3, 0.4) is 0 Å². The lowest BCUT2D eigenvalue weighted by atomic mass is 9.89. The maximum absolute atomic E-state index is 12.9. The molecule has 138 valence electrons. The van der Waals surface area contributed by atoms with Crippen LogP contribution in [-0.2, 0) is 6.18 Å². The van der Waals surface area contributed by atoms with Gasteiger partial charge < -0.3 is 4.90 Å². The Bertz CT molecular complexity index is 832. The van der Waals surface area contributed by atoms with E-state index in [2.05, 4.69) is 4.98 Å². The van der Waals surface area contributed by atoms with Gasteiger partial charge in [-0.2, -0.15) is 13.2 Å². The maximum atomic E-state index is 12.9. The van der Waals surface area contributed by atoms with Gasteiger partial charge in [0.25, 0.3) is 5.91 Å². The second kappa shape index (κ2) is 7.19. The van der Waals surface area contributed by atoms with Crippen molar-refractivity contribution in [3.05, 3.63) is 51.5 Å². The van der Waals surface area contributed by atoms with Crippen molar-refractivity contribution < 1.29 is 22.8 Å². The summed E-state index contributed by atoms with van der Waals surface area (Å²) in [6.45, 7) is 2.49. The van der Waals surface area contributed by atoms with Crippen molar-refractivity contribution in [2.45, 2.75) is 25.9 Å². The summed E-state index contributed by atoms with van der Waals surface area (Å²) in [5, 5.41) is 0. The normalized spacial score (nSPS) is 18.0. The van der Waals surface area contributed by atoms with E-state index in [1.165, 1.54) is 23.5 Å². The van der Waals surface area contributed by atoms with Crippen molar-refractivity contribution in [2.75, 3.05) is 13.1 Å². The number of piperidine rings is 1. The van der Waals surface area contributed by atoms with Crippen LogP contribution in [0.4, 0.5) is 13.2 Å². The fraction of sp³-hybridized carbons (Fsp3) is 0.389. The minimum absolute atomic E-state index is 0.0353. The summed E-state index contributed by atoms with van der Waals surface area (Å²) in [5.74, 6) is -1.02. The summed E-state index contributed by atoms with van der Waals surface area (Å²) in [5.41, 5.74) is 1.43. The number of thiazole rings is 1. The number of alkyl halides is 3. The van der Waals surface area contributed by atoms with Crippen LogP contribution in [0.2, 0.25) is 0 Å². The van der Waals surface area contributed by atoms with Crippen molar-refractivity contribution in [2.24, 2.45) is 5.92 Å². The number of nitrogens with zero attached hydrogens (tertiary/aromatic N) is 2. The molecule has 0 N–H and O–H groups in total. The van der Waals surface area contributed by atoms with Crippen molar-refractivity contribution >= 4 is 23.0 Å². The molecule has 1 saturated heterocycles. The van der Waals surface area contributed by atoms with Crippen LogP contribution in [0.5, 0.6) is 0 Å².